The predicted octanol–water partition coefficient (Wildman–Crippen LogP) is 1.47. The van der Waals surface area contributed by atoms with E-state index in [9.17, 15) is 9.59 Å². The summed E-state index contributed by atoms with van der Waals surface area (Å²) in [7, 11) is 0. The Morgan fingerprint density at radius 1 is 1.27 bits per heavy atom. The highest BCUT2D eigenvalue weighted by atomic mass is 16.5. The van der Waals surface area contributed by atoms with Crippen LogP contribution in [0.3, 0.4) is 0 Å². The van der Waals surface area contributed by atoms with Crippen LogP contribution >= 0.6 is 0 Å². The second kappa shape index (κ2) is 7.92. The quantitative estimate of drug-likeness (QED) is 0.611. The van der Waals surface area contributed by atoms with E-state index in [-0.39, 0.29) is 17.8 Å². The van der Waals surface area contributed by atoms with Crippen molar-refractivity contribution < 1.29 is 18.9 Å². The van der Waals surface area contributed by atoms with Gasteiger partial charge in [-0.1, -0.05) is 0 Å². The minimum absolute atomic E-state index is 0.0459. The summed E-state index contributed by atoms with van der Waals surface area (Å²) < 4.78 is 7.07. The summed E-state index contributed by atoms with van der Waals surface area (Å²) in [6.07, 6.45) is 5.91. The molecule has 0 unspecified atom stereocenters. The molecule has 0 saturated carbocycles. The molecule has 0 spiro atoms. The third kappa shape index (κ3) is 4.55. The number of piperidine rings is 1. The topological polar surface area (TPSA) is 50.5 Å². The van der Waals surface area contributed by atoms with Gasteiger partial charge in [0, 0.05) is 25.2 Å². The van der Waals surface area contributed by atoms with E-state index in [1.807, 2.05) is 47.8 Å². The van der Waals surface area contributed by atoms with E-state index in [2.05, 4.69) is 0 Å². The van der Waals surface area contributed by atoms with Crippen molar-refractivity contribution >= 4 is 11.9 Å². The molecule has 5 nitrogen and oxygen atoms in total. The first-order valence-corrected chi connectivity index (χ1v) is 8.00. The van der Waals surface area contributed by atoms with Crippen molar-refractivity contribution in [3.05, 3.63) is 30.1 Å². The molecule has 0 radical (unpaired) electrons. The minimum atomic E-state index is -0.121. The summed E-state index contributed by atoms with van der Waals surface area (Å²) in [6, 6.07) is 4.07. The van der Waals surface area contributed by atoms with Gasteiger partial charge in [-0.2, -0.15) is 0 Å². The second-order valence-corrected chi connectivity index (χ2v) is 5.77. The summed E-state index contributed by atoms with van der Waals surface area (Å²) in [5, 5.41) is 0. The number of carbonyl (C=O) groups is 2. The molecule has 5 heteroatoms. The van der Waals surface area contributed by atoms with Gasteiger partial charge >= 0.3 is 5.97 Å². The van der Waals surface area contributed by atoms with Gasteiger partial charge in [-0.3, -0.25) is 9.59 Å². The van der Waals surface area contributed by atoms with Gasteiger partial charge in [0.15, 0.2) is 18.9 Å². The largest absolute Gasteiger partial charge is 0.466 e. The first-order chi connectivity index (χ1) is 10.6. The molecule has 1 aromatic rings. The highest BCUT2D eigenvalue weighted by Gasteiger charge is 2.28. The van der Waals surface area contributed by atoms with Crippen LogP contribution in [0.15, 0.2) is 24.5 Å². The first-order valence-electron chi connectivity index (χ1n) is 8.00. The number of aromatic nitrogens is 1. The summed E-state index contributed by atoms with van der Waals surface area (Å²) >= 11 is 0. The Balaban J connectivity index is 1.75. The van der Waals surface area contributed by atoms with Gasteiger partial charge in [-0.05, 0) is 32.3 Å². The van der Waals surface area contributed by atoms with Gasteiger partial charge < -0.3 is 9.64 Å². The number of ether oxygens (including phenoxy) is 1. The van der Waals surface area contributed by atoms with Crippen molar-refractivity contribution in [3.8, 4) is 0 Å². The third-order valence-electron chi connectivity index (χ3n) is 4.11. The van der Waals surface area contributed by atoms with Gasteiger partial charge in [0.1, 0.15) is 0 Å². The Bertz CT molecular complexity index is 505. The SMILES string of the molecule is CCOC(=O)C1CCN(C(=O)CC[n+]2ccc(C)cc2)CC1. The van der Waals surface area contributed by atoms with Crippen molar-refractivity contribution in [2.24, 2.45) is 5.92 Å². The molecule has 0 N–H and O–H groups in total. The van der Waals surface area contributed by atoms with Crippen molar-refractivity contribution in [1.29, 1.82) is 0 Å². The molecule has 120 valence electrons. The normalized spacial score (nSPS) is 15.6. The molecule has 1 fully saturated rings. The standard InChI is InChI=1S/C17H25N2O3/c1-3-22-17(21)15-6-12-19(13-7-15)16(20)8-11-18-9-4-14(2)5-10-18/h4-5,9-10,15H,3,6-8,11-13H2,1-2H3/q+1. The van der Waals surface area contributed by atoms with Gasteiger partial charge in [0.2, 0.25) is 5.91 Å². The number of hydrogen-bond donors (Lipinski definition) is 0. The summed E-state index contributed by atoms with van der Waals surface area (Å²) in [5.41, 5.74) is 1.21. The zero-order valence-electron chi connectivity index (χ0n) is 13.5. The molecule has 1 aliphatic rings. The number of amides is 1. The van der Waals surface area contributed by atoms with Crippen LogP contribution in [-0.4, -0.2) is 36.5 Å². The molecule has 0 bridgehead atoms. The lowest BCUT2D eigenvalue weighted by molar-refractivity contribution is -0.696. The summed E-state index contributed by atoms with van der Waals surface area (Å²) in [5.74, 6) is -0.00401. The Labute approximate surface area is 131 Å². The van der Waals surface area contributed by atoms with Crippen LogP contribution in [0.4, 0.5) is 0 Å². The maximum atomic E-state index is 12.2. The number of esters is 1. The smallest absolute Gasteiger partial charge is 0.309 e. The molecule has 0 aromatic carbocycles. The van der Waals surface area contributed by atoms with Crippen LogP contribution in [0.1, 0.15) is 31.7 Å². The molecule has 2 rings (SSSR count). The third-order valence-corrected chi connectivity index (χ3v) is 4.11. The van der Waals surface area contributed by atoms with Crippen molar-refractivity contribution in [1.82, 2.24) is 4.90 Å². The van der Waals surface area contributed by atoms with Gasteiger partial charge in [0.05, 0.1) is 18.9 Å². The van der Waals surface area contributed by atoms with E-state index in [0.717, 1.165) is 0 Å². The Morgan fingerprint density at radius 3 is 2.50 bits per heavy atom. The Morgan fingerprint density at radius 2 is 1.91 bits per heavy atom. The van der Waals surface area contributed by atoms with Crippen LogP contribution < -0.4 is 4.57 Å². The number of pyridine rings is 1. The number of rotatable bonds is 5. The molecule has 1 aromatic heterocycles. The fraction of sp³-hybridized carbons (Fsp3) is 0.588. The fourth-order valence-electron chi connectivity index (χ4n) is 2.69. The average Bonchev–Trinajstić information content (AvgIpc) is 2.54. The zero-order valence-corrected chi connectivity index (χ0v) is 13.5. The van der Waals surface area contributed by atoms with Crippen LogP contribution in [0, 0.1) is 12.8 Å². The first kappa shape index (κ1) is 16.5. The van der Waals surface area contributed by atoms with Crippen LogP contribution in [0.25, 0.3) is 0 Å². The highest BCUT2D eigenvalue weighted by Crippen LogP contribution is 2.19. The fourth-order valence-corrected chi connectivity index (χ4v) is 2.69. The van der Waals surface area contributed by atoms with Crippen molar-refractivity contribution in [2.45, 2.75) is 39.7 Å². The summed E-state index contributed by atoms with van der Waals surface area (Å²) in [4.78, 5) is 25.8. The molecule has 1 saturated heterocycles. The lowest BCUT2D eigenvalue weighted by Gasteiger charge is -2.30. The lowest BCUT2D eigenvalue weighted by atomic mass is 9.97. The number of aryl methyl sites for hydroxylation is 2. The minimum Gasteiger partial charge on any atom is -0.466 e. The van der Waals surface area contributed by atoms with Gasteiger partial charge in [-0.15, -0.1) is 0 Å². The average molecular weight is 305 g/mol. The van der Waals surface area contributed by atoms with E-state index in [1.165, 1.54) is 5.56 Å². The van der Waals surface area contributed by atoms with Gasteiger partial charge in [-0.25, -0.2) is 4.57 Å². The summed E-state index contributed by atoms with van der Waals surface area (Å²) in [6.45, 7) is 6.28. The Hall–Kier alpha value is -1.91. The lowest BCUT2D eigenvalue weighted by Crippen LogP contribution is -2.43. The number of likely N-dealkylation sites (tertiary alicyclic amines) is 1. The predicted molar refractivity (Wildman–Crippen MR) is 81.9 cm³/mol. The van der Waals surface area contributed by atoms with Gasteiger partial charge in [0.25, 0.3) is 0 Å². The van der Waals surface area contributed by atoms with Crippen LogP contribution in [0.2, 0.25) is 0 Å². The molecule has 1 aliphatic heterocycles. The Kier molecular flexibility index (Phi) is 5.92. The molecule has 2 heterocycles. The van der Waals surface area contributed by atoms with E-state index in [4.69, 9.17) is 4.74 Å². The monoisotopic (exact) mass is 305 g/mol. The zero-order chi connectivity index (χ0) is 15.9. The molecule has 22 heavy (non-hydrogen) atoms. The second-order valence-electron chi connectivity index (χ2n) is 5.77. The molecular weight excluding hydrogens is 280 g/mol. The van der Waals surface area contributed by atoms with Crippen molar-refractivity contribution in [3.63, 3.8) is 0 Å². The number of hydrogen-bond acceptors (Lipinski definition) is 3. The highest BCUT2D eigenvalue weighted by molar-refractivity contribution is 5.77. The number of carbonyl (C=O) groups excluding carboxylic acids is 2. The van der Waals surface area contributed by atoms with E-state index >= 15 is 0 Å². The van der Waals surface area contributed by atoms with E-state index in [1.54, 1.807) is 0 Å². The molecular formula is C17H25N2O3+. The maximum Gasteiger partial charge on any atom is 0.309 e. The van der Waals surface area contributed by atoms with Crippen LogP contribution in [0.5, 0.6) is 0 Å². The maximum absolute atomic E-state index is 12.2. The molecule has 1 amide bonds. The van der Waals surface area contributed by atoms with Crippen molar-refractivity contribution in [2.75, 3.05) is 19.7 Å². The molecule has 0 aliphatic carbocycles. The van der Waals surface area contributed by atoms with Crippen LogP contribution in [-0.2, 0) is 20.9 Å². The number of nitrogens with zero attached hydrogens (tertiary/aromatic N) is 2. The van der Waals surface area contributed by atoms with E-state index < -0.39 is 0 Å². The van der Waals surface area contributed by atoms with E-state index in [0.29, 0.717) is 45.5 Å². The molecule has 0 atom stereocenters.